The lowest BCUT2D eigenvalue weighted by Gasteiger charge is -2.02. The predicted octanol–water partition coefficient (Wildman–Crippen LogP) is 2.19. The van der Waals surface area contributed by atoms with Gasteiger partial charge in [-0.2, -0.15) is 0 Å². The maximum Gasteiger partial charge on any atom is 0.231 e. The van der Waals surface area contributed by atoms with Crippen molar-refractivity contribution in [2.75, 3.05) is 13.9 Å². The zero-order chi connectivity index (χ0) is 8.55. The van der Waals surface area contributed by atoms with Crippen molar-refractivity contribution in [1.82, 2.24) is 0 Å². The molecule has 0 aromatic heterocycles. The van der Waals surface area contributed by atoms with Crippen LogP contribution < -0.4 is 14.2 Å². The second-order valence-electron chi connectivity index (χ2n) is 2.34. The average molecular weight is 231 g/mol. The molecule has 0 fully saturated rings. The average Bonchev–Trinajstić information content (AvgIpc) is 2.52. The highest BCUT2D eigenvalue weighted by molar-refractivity contribution is 9.10. The van der Waals surface area contributed by atoms with Gasteiger partial charge in [0.15, 0.2) is 11.5 Å². The fraction of sp³-hybridized carbons (Fsp3) is 0.250. The molecule has 1 aliphatic rings. The van der Waals surface area contributed by atoms with E-state index in [-0.39, 0.29) is 6.79 Å². The van der Waals surface area contributed by atoms with Gasteiger partial charge in [-0.15, -0.1) is 0 Å². The maximum atomic E-state index is 5.20. The standard InChI is InChI=1S/C8H7BrO3/c1-10-5-2-6(9)8-7(3-5)11-4-12-8/h2-3H,4H2,1H3. The van der Waals surface area contributed by atoms with Gasteiger partial charge in [0.25, 0.3) is 0 Å². The SMILES string of the molecule is COc1cc(Br)c2c(c1)OCO2. The molecular weight excluding hydrogens is 224 g/mol. The van der Waals surface area contributed by atoms with Gasteiger partial charge in [-0.05, 0) is 22.0 Å². The minimum Gasteiger partial charge on any atom is -0.497 e. The molecule has 64 valence electrons. The molecule has 0 atom stereocenters. The van der Waals surface area contributed by atoms with Crippen LogP contribution in [0.1, 0.15) is 0 Å². The summed E-state index contributed by atoms with van der Waals surface area (Å²) in [4.78, 5) is 0. The molecule has 0 saturated heterocycles. The molecule has 1 aromatic rings. The van der Waals surface area contributed by atoms with E-state index in [1.165, 1.54) is 0 Å². The van der Waals surface area contributed by atoms with E-state index in [4.69, 9.17) is 14.2 Å². The van der Waals surface area contributed by atoms with E-state index in [1.807, 2.05) is 6.07 Å². The molecule has 12 heavy (non-hydrogen) atoms. The summed E-state index contributed by atoms with van der Waals surface area (Å²) in [7, 11) is 1.62. The Morgan fingerprint density at radius 2 is 2.25 bits per heavy atom. The van der Waals surface area contributed by atoms with Crippen molar-refractivity contribution in [3.63, 3.8) is 0 Å². The number of halogens is 1. The van der Waals surface area contributed by atoms with Crippen LogP contribution >= 0.6 is 15.9 Å². The summed E-state index contributed by atoms with van der Waals surface area (Å²) in [5.74, 6) is 2.23. The van der Waals surface area contributed by atoms with Crippen LogP contribution in [0.25, 0.3) is 0 Å². The number of methoxy groups -OCH3 is 1. The Kier molecular flexibility index (Phi) is 1.84. The summed E-state index contributed by atoms with van der Waals surface area (Å²) in [5.41, 5.74) is 0. The third-order valence-electron chi connectivity index (χ3n) is 1.64. The summed E-state index contributed by atoms with van der Waals surface area (Å²) in [6, 6.07) is 3.64. The lowest BCUT2D eigenvalue weighted by atomic mass is 10.3. The van der Waals surface area contributed by atoms with Gasteiger partial charge in [0.1, 0.15) is 5.75 Å². The second-order valence-corrected chi connectivity index (χ2v) is 3.20. The number of benzene rings is 1. The van der Waals surface area contributed by atoms with Crippen LogP contribution in [0.15, 0.2) is 16.6 Å². The maximum absolute atomic E-state index is 5.20. The van der Waals surface area contributed by atoms with Crippen molar-refractivity contribution in [1.29, 1.82) is 0 Å². The molecule has 0 unspecified atom stereocenters. The molecule has 4 heteroatoms. The minimum atomic E-state index is 0.279. The van der Waals surface area contributed by atoms with Gasteiger partial charge < -0.3 is 14.2 Å². The highest BCUT2D eigenvalue weighted by atomic mass is 79.9. The monoisotopic (exact) mass is 230 g/mol. The zero-order valence-corrected chi connectivity index (χ0v) is 8.05. The van der Waals surface area contributed by atoms with Crippen molar-refractivity contribution in [3.05, 3.63) is 16.6 Å². The molecule has 0 aliphatic carbocycles. The van der Waals surface area contributed by atoms with Crippen molar-refractivity contribution in [3.8, 4) is 17.2 Å². The van der Waals surface area contributed by atoms with Gasteiger partial charge in [0.05, 0.1) is 11.6 Å². The number of fused-ring (bicyclic) bond motifs is 1. The number of ether oxygens (including phenoxy) is 3. The molecule has 1 heterocycles. The lowest BCUT2D eigenvalue weighted by molar-refractivity contribution is 0.173. The molecule has 2 rings (SSSR count). The third-order valence-corrected chi connectivity index (χ3v) is 2.23. The van der Waals surface area contributed by atoms with Crippen LogP contribution in [-0.4, -0.2) is 13.9 Å². The molecule has 0 radical (unpaired) electrons. The number of hydrogen-bond acceptors (Lipinski definition) is 3. The van der Waals surface area contributed by atoms with E-state index in [0.717, 1.165) is 21.7 Å². The molecule has 0 spiro atoms. The number of hydrogen-bond donors (Lipinski definition) is 0. The van der Waals surface area contributed by atoms with E-state index in [2.05, 4.69) is 15.9 Å². The molecule has 0 saturated carbocycles. The van der Waals surface area contributed by atoms with E-state index in [9.17, 15) is 0 Å². The normalized spacial score (nSPS) is 13.2. The van der Waals surface area contributed by atoms with Gasteiger partial charge >= 0.3 is 0 Å². The number of rotatable bonds is 1. The molecular formula is C8H7BrO3. The molecule has 0 amide bonds. The first-order chi connectivity index (χ1) is 5.81. The summed E-state index contributed by atoms with van der Waals surface area (Å²) in [6.07, 6.45) is 0. The third kappa shape index (κ3) is 1.12. The second kappa shape index (κ2) is 2.86. The molecule has 0 bridgehead atoms. The smallest absolute Gasteiger partial charge is 0.231 e. The first kappa shape index (κ1) is 7.73. The van der Waals surface area contributed by atoms with Crippen LogP contribution in [0.2, 0.25) is 0 Å². The Labute approximate surface area is 78.4 Å². The zero-order valence-electron chi connectivity index (χ0n) is 6.46. The Bertz CT molecular complexity index is 311. The van der Waals surface area contributed by atoms with Gasteiger partial charge in [0, 0.05) is 6.07 Å². The topological polar surface area (TPSA) is 27.7 Å². The van der Waals surface area contributed by atoms with Crippen molar-refractivity contribution >= 4 is 15.9 Å². The van der Waals surface area contributed by atoms with E-state index < -0.39 is 0 Å². The Hall–Kier alpha value is -0.900. The highest BCUT2D eigenvalue weighted by Crippen LogP contribution is 2.41. The first-order valence-electron chi connectivity index (χ1n) is 3.44. The van der Waals surface area contributed by atoms with Crippen molar-refractivity contribution in [2.24, 2.45) is 0 Å². The van der Waals surface area contributed by atoms with Gasteiger partial charge in [-0.3, -0.25) is 0 Å². The summed E-state index contributed by atoms with van der Waals surface area (Å²) in [5, 5.41) is 0. The van der Waals surface area contributed by atoms with Gasteiger partial charge in [0.2, 0.25) is 6.79 Å². The van der Waals surface area contributed by atoms with Crippen LogP contribution in [0, 0.1) is 0 Å². The Balaban J connectivity index is 2.51. The predicted molar refractivity (Wildman–Crippen MR) is 46.8 cm³/mol. The molecule has 3 nitrogen and oxygen atoms in total. The van der Waals surface area contributed by atoms with Crippen LogP contribution in [0.3, 0.4) is 0 Å². The van der Waals surface area contributed by atoms with Crippen molar-refractivity contribution in [2.45, 2.75) is 0 Å². The Morgan fingerprint density at radius 3 is 3.00 bits per heavy atom. The van der Waals surface area contributed by atoms with Crippen LogP contribution in [-0.2, 0) is 0 Å². The van der Waals surface area contributed by atoms with Crippen LogP contribution in [0.5, 0.6) is 17.2 Å². The van der Waals surface area contributed by atoms with Crippen molar-refractivity contribution < 1.29 is 14.2 Å². The molecule has 1 aliphatic heterocycles. The van der Waals surface area contributed by atoms with Crippen LogP contribution in [0.4, 0.5) is 0 Å². The largest absolute Gasteiger partial charge is 0.497 e. The quantitative estimate of drug-likeness (QED) is 0.741. The van der Waals surface area contributed by atoms with Gasteiger partial charge in [-0.1, -0.05) is 0 Å². The summed E-state index contributed by atoms with van der Waals surface area (Å²) < 4.78 is 16.3. The van der Waals surface area contributed by atoms with E-state index in [1.54, 1.807) is 13.2 Å². The minimum absolute atomic E-state index is 0.279. The summed E-state index contributed by atoms with van der Waals surface area (Å²) >= 11 is 3.35. The van der Waals surface area contributed by atoms with E-state index >= 15 is 0 Å². The molecule has 0 N–H and O–H groups in total. The fourth-order valence-electron chi connectivity index (χ4n) is 1.06. The highest BCUT2D eigenvalue weighted by Gasteiger charge is 2.17. The Morgan fingerprint density at radius 1 is 1.42 bits per heavy atom. The first-order valence-corrected chi connectivity index (χ1v) is 4.23. The molecule has 1 aromatic carbocycles. The lowest BCUT2D eigenvalue weighted by Crippen LogP contribution is -1.93. The van der Waals surface area contributed by atoms with E-state index in [0.29, 0.717) is 0 Å². The fourth-order valence-corrected chi connectivity index (χ4v) is 1.60. The summed E-state index contributed by atoms with van der Waals surface area (Å²) in [6.45, 7) is 0.279. The van der Waals surface area contributed by atoms with Gasteiger partial charge in [-0.25, -0.2) is 0 Å².